The highest BCUT2D eigenvalue weighted by Gasteiger charge is 2.30. The van der Waals surface area contributed by atoms with Gasteiger partial charge in [0.15, 0.2) is 0 Å². The second-order valence-corrected chi connectivity index (χ2v) is 5.80. The Hall–Kier alpha value is -1.16. The van der Waals surface area contributed by atoms with E-state index in [4.69, 9.17) is 5.73 Å². The Balaban J connectivity index is 2.33. The average Bonchev–Trinajstić information content (AvgIpc) is 2.90. The Morgan fingerprint density at radius 1 is 1.22 bits per heavy atom. The maximum Gasteiger partial charge on any atom is 0.0543 e. The molecule has 0 saturated carbocycles. The third kappa shape index (κ3) is 2.64. The summed E-state index contributed by atoms with van der Waals surface area (Å²) in [5.74, 6) is 0. The van der Waals surface area contributed by atoms with Gasteiger partial charge in [0.25, 0.3) is 0 Å². The van der Waals surface area contributed by atoms with Crippen molar-refractivity contribution in [2.45, 2.75) is 18.8 Å². The Morgan fingerprint density at radius 2 is 1.94 bits per heavy atom. The van der Waals surface area contributed by atoms with Gasteiger partial charge in [-0.3, -0.25) is 0 Å². The smallest absolute Gasteiger partial charge is 0.0543 e. The summed E-state index contributed by atoms with van der Waals surface area (Å²) in [4.78, 5) is 1.26. The van der Waals surface area contributed by atoms with Crippen molar-refractivity contribution in [1.82, 2.24) is 0 Å². The lowest BCUT2D eigenvalue weighted by atomic mass is 9.77. The van der Waals surface area contributed by atoms with Crippen molar-refractivity contribution in [3.63, 3.8) is 0 Å². The van der Waals surface area contributed by atoms with E-state index in [9.17, 15) is 5.11 Å². The van der Waals surface area contributed by atoms with Crippen LogP contribution in [0.25, 0.3) is 0 Å². The van der Waals surface area contributed by atoms with Crippen molar-refractivity contribution in [2.75, 3.05) is 13.2 Å². The Morgan fingerprint density at radius 3 is 2.44 bits per heavy atom. The molecule has 1 aromatic heterocycles. The molecule has 2 aromatic rings. The molecular formula is C15H19NOS. The molecule has 0 aliphatic rings. The van der Waals surface area contributed by atoms with Gasteiger partial charge in [0, 0.05) is 16.8 Å². The summed E-state index contributed by atoms with van der Waals surface area (Å²) in [6.07, 6.45) is 0.792. The molecule has 3 N–H and O–H groups in total. The van der Waals surface area contributed by atoms with Gasteiger partial charge in [-0.2, -0.15) is 0 Å². The molecule has 1 heterocycles. The summed E-state index contributed by atoms with van der Waals surface area (Å²) in [5.41, 5.74) is 7.93. The molecule has 18 heavy (non-hydrogen) atoms. The van der Waals surface area contributed by atoms with Crippen LogP contribution in [0.2, 0.25) is 0 Å². The van der Waals surface area contributed by atoms with E-state index >= 15 is 0 Å². The maximum absolute atomic E-state index is 9.82. The number of rotatable bonds is 5. The molecule has 0 fully saturated rings. The molecule has 96 valence electrons. The number of benzene rings is 1. The topological polar surface area (TPSA) is 46.2 Å². The Kier molecular flexibility index (Phi) is 4.17. The van der Waals surface area contributed by atoms with Gasteiger partial charge in [0.2, 0.25) is 0 Å². The third-order valence-corrected chi connectivity index (χ3v) is 4.33. The van der Waals surface area contributed by atoms with Gasteiger partial charge in [-0.05, 0) is 30.4 Å². The van der Waals surface area contributed by atoms with Crippen LogP contribution in [0.5, 0.6) is 0 Å². The van der Waals surface area contributed by atoms with Crippen LogP contribution in [-0.4, -0.2) is 18.3 Å². The van der Waals surface area contributed by atoms with Crippen molar-refractivity contribution in [3.05, 3.63) is 57.8 Å². The summed E-state index contributed by atoms with van der Waals surface area (Å²) >= 11 is 1.71. The molecule has 1 atom stereocenters. The molecule has 1 unspecified atom stereocenters. The van der Waals surface area contributed by atoms with Gasteiger partial charge >= 0.3 is 0 Å². The Bertz CT molecular complexity index is 472. The van der Waals surface area contributed by atoms with Crippen molar-refractivity contribution in [1.29, 1.82) is 0 Å². The molecule has 3 heteroatoms. The Labute approximate surface area is 112 Å². The van der Waals surface area contributed by atoms with Crippen LogP contribution in [0.3, 0.4) is 0 Å². The minimum Gasteiger partial charge on any atom is -0.395 e. The second kappa shape index (κ2) is 5.65. The standard InChI is InChI=1S/C15H19NOS/c1-12-4-6-13(7-5-12)15(10-16,11-17)9-14-3-2-8-18-14/h2-8,17H,9-11,16H2,1H3. The molecule has 0 spiro atoms. The molecule has 0 aliphatic carbocycles. The van der Waals surface area contributed by atoms with Gasteiger partial charge in [-0.25, -0.2) is 0 Å². The molecule has 0 saturated heterocycles. The van der Waals surface area contributed by atoms with E-state index < -0.39 is 0 Å². The van der Waals surface area contributed by atoms with E-state index in [2.05, 4.69) is 42.6 Å². The zero-order valence-electron chi connectivity index (χ0n) is 10.6. The van der Waals surface area contributed by atoms with Crippen LogP contribution >= 0.6 is 11.3 Å². The minimum atomic E-state index is -0.363. The second-order valence-electron chi connectivity index (χ2n) is 4.76. The molecule has 0 aliphatic heterocycles. The molecule has 1 aromatic carbocycles. The van der Waals surface area contributed by atoms with Crippen LogP contribution in [-0.2, 0) is 11.8 Å². The van der Waals surface area contributed by atoms with E-state index in [1.54, 1.807) is 11.3 Å². The molecule has 0 radical (unpaired) electrons. The van der Waals surface area contributed by atoms with Crippen molar-refractivity contribution < 1.29 is 5.11 Å². The fourth-order valence-corrected chi connectivity index (χ4v) is 3.01. The quantitative estimate of drug-likeness (QED) is 0.868. The first-order valence-corrected chi connectivity index (χ1v) is 6.98. The maximum atomic E-state index is 9.82. The summed E-state index contributed by atoms with van der Waals surface area (Å²) in [6.45, 7) is 2.58. The first-order chi connectivity index (χ1) is 8.70. The lowest BCUT2D eigenvalue weighted by Crippen LogP contribution is -2.40. The lowest BCUT2D eigenvalue weighted by molar-refractivity contribution is 0.197. The fraction of sp³-hybridized carbons (Fsp3) is 0.333. The zero-order chi connectivity index (χ0) is 13.0. The first kappa shape index (κ1) is 13.3. The van der Waals surface area contributed by atoms with Crippen LogP contribution < -0.4 is 5.73 Å². The number of aliphatic hydroxyl groups excluding tert-OH is 1. The highest BCUT2D eigenvalue weighted by molar-refractivity contribution is 7.09. The summed E-state index contributed by atoms with van der Waals surface area (Å²) in [5, 5.41) is 11.9. The normalized spacial score (nSPS) is 14.4. The molecule has 0 amide bonds. The van der Waals surface area contributed by atoms with Crippen LogP contribution in [0.4, 0.5) is 0 Å². The van der Waals surface area contributed by atoms with Crippen LogP contribution in [0, 0.1) is 6.92 Å². The van der Waals surface area contributed by atoms with Gasteiger partial charge in [0.05, 0.1) is 6.61 Å². The van der Waals surface area contributed by atoms with Gasteiger partial charge < -0.3 is 10.8 Å². The highest BCUT2D eigenvalue weighted by atomic mass is 32.1. The number of hydrogen-bond donors (Lipinski definition) is 2. The van der Waals surface area contributed by atoms with Crippen molar-refractivity contribution in [2.24, 2.45) is 5.73 Å². The average molecular weight is 261 g/mol. The molecule has 2 rings (SSSR count). The van der Waals surface area contributed by atoms with Gasteiger partial charge in [0.1, 0.15) is 0 Å². The predicted molar refractivity (Wildman–Crippen MR) is 77.0 cm³/mol. The zero-order valence-corrected chi connectivity index (χ0v) is 11.4. The number of thiophene rings is 1. The highest BCUT2D eigenvalue weighted by Crippen LogP contribution is 2.29. The van der Waals surface area contributed by atoms with Gasteiger partial charge in [-0.1, -0.05) is 35.9 Å². The minimum absolute atomic E-state index is 0.0739. The van der Waals surface area contributed by atoms with E-state index in [0.29, 0.717) is 6.54 Å². The summed E-state index contributed by atoms with van der Waals surface area (Å²) in [7, 11) is 0. The first-order valence-electron chi connectivity index (χ1n) is 6.11. The van der Waals surface area contributed by atoms with E-state index in [1.165, 1.54) is 10.4 Å². The summed E-state index contributed by atoms with van der Waals surface area (Å²) < 4.78 is 0. The van der Waals surface area contributed by atoms with Crippen molar-refractivity contribution >= 4 is 11.3 Å². The fourth-order valence-electron chi connectivity index (χ4n) is 2.16. The van der Waals surface area contributed by atoms with E-state index in [-0.39, 0.29) is 12.0 Å². The number of nitrogens with two attached hydrogens (primary N) is 1. The molecular weight excluding hydrogens is 242 g/mol. The number of aliphatic hydroxyl groups is 1. The predicted octanol–water partition coefficient (Wildman–Crippen LogP) is 2.49. The van der Waals surface area contributed by atoms with Crippen LogP contribution in [0.15, 0.2) is 41.8 Å². The van der Waals surface area contributed by atoms with Crippen molar-refractivity contribution in [3.8, 4) is 0 Å². The van der Waals surface area contributed by atoms with E-state index in [0.717, 1.165) is 12.0 Å². The van der Waals surface area contributed by atoms with Gasteiger partial charge in [-0.15, -0.1) is 11.3 Å². The largest absolute Gasteiger partial charge is 0.395 e. The monoisotopic (exact) mass is 261 g/mol. The molecule has 2 nitrogen and oxygen atoms in total. The third-order valence-electron chi connectivity index (χ3n) is 3.45. The summed E-state index contributed by atoms with van der Waals surface area (Å²) in [6, 6.07) is 12.4. The van der Waals surface area contributed by atoms with Crippen LogP contribution in [0.1, 0.15) is 16.0 Å². The number of hydrogen-bond acceptors (Lipinski definition) is 3. The van der Waals surface area contributed by atoms with E-state index in [1.807, 2.05) is 6.07 Å². The lowest BCUT2D eigenvalue weighted by Gasteiger charge is -2.31. The number of aryl methyl sites for hydroxylation is 1. The molecule has 0 bridgehead atoms. The SMILES string of the molecule is Cc1ccc(C(CN)(CO)Cc2cccs2)cc1.